The second kappa shape index (κ2) is 10.6. The molecule has 7 nitrogen and oxygen atoms in total. The van der Waals surface area contributed by atoms with Gasteiger partial charge in [0, 0.05) is 19.3 Å². The standard InChI is InChI=1S/C26H28N4O3S2/c1-16(2)15-27-22-20(24(31)29-12-5-6-17(3)23(29)28-22)14-21-25(32)30(26(34)35-21)13-11-18-7-9-19(33-4)10-8-18/h5-10,12,14,16,27H,11,13,15H2,1-4H3. The Morgan fingerprint density at radius 2 is 1.94 bits per heavy atom. The summed E-state index contributed by atoms with van der Waals surface area (Å²) in [7, 11) is 1.63. The van der Waals surface area contributed by atoms with Gasteiger partial charge in [0.2, 0.25) is 0 Å². The molecule has 2 aromatic heterocycles. The largest absolute Gasteiger partial charge is 0.497 e. The summed E-state index contributed by atoms with van der Waals surface area (Å²) in [6.45, 7) is 7.19. The Bertz CT molecular complexity index is 1360. The van der Waals surface area contributed by atoms with Gasteiger partial charge in [0.25, 0.3) is 11.5 Å². The van der Waals surface area contributed by atoms with E-state index >= 15 is 0 Å². The zero-order chi connectivity index (χ0) is 25.1. The Kier molecular flexibility index (Phi) is 7.57. The van der Waals surface area contributed by atoms with E-state index in [4.69, 9.17) is 21.9 Å². The fraction of sp³-hybridized carbons (Fsp3) is 0.308. The SMILES string of the molecule is COc1ccc(CCN2C(=O)C(=Cc3c(NCC(C)C)nc4c(C)cccn4c3=O)SC2=S)cc1. The minimum absolute atomic E-state index is 0.197. The topological polar surface area (TPSA) is 75.9 Å². The van der Waals surface area contributed by atoms with Crippen molar-refractivity contribution in [2.75, 3.05) is 25.5 Å². The van der Waals surface area contributed by atoms with Crippen molar-refractivity contribution in [1.82, 2.24) is 14.3 Å². The maximum absolute atomic E-state index is 13.4. The number of hydrogen-bond acceptors (Lipinski definition) is 7. The van der Waals surface area contributed by atoms with Gasteiger partial charge < -0.3 is 10.1 Å². The zero-order valence-electron chi connectivity index (χ0n) is 20.2. The Balaban J connectivity index is 1.64. The summed E-state index contributed by atoms with van der Waals surface area (Å²) in [6, 6.07) is 11.5. The van der Waals surface area contributed by atoms with Crippen LogP contribution in [0.2, 0.25) is 0 Å². The third kappa shape index (κ3) is 5.41. The minimum atomic E-state index is -0.228. The van der Waals surface area contributed by atoms with E-state index in [1.165, 1.54) is 16.2 Å². The number of ether oxygens (including phenoxy) is 1. The predicted octanol–water partition coefficient (Wildman–Crippen LogP) is 4.52. The first-order valence-corrected chi connectivity index (χ1v) is 12.6. The average molecular weight is 509 g/mol. The fourth-order valence-corrected chi connectivity index (χ4v) is 5.02. The molecule has 1 aliphatic rings. The van der Waals surface area contributed by atoms with Crippen LogP contribution in [0.25, 0.3) is 11.7 Å². The van der Waals surface area contributed by atoms with Gasteiger partial charge in [-0.15, -0.1) is 0 Å². The Morgan fingerprint density at radius 1 is 1.20 bits per heavy atom. The van der Waals surface area contributed by atoms with Gasteiger partial charge in [-0.1, -0.05) is 56.0 Å². The summed E-state index contributed by atoms with van der Waals surface area (Å²) in [5.41, 5.74) is 2.69. The number of amides is 1. The second-order valence-electron chi connectivity index (χ2n) is 8.77. The van der Waals surface area contributed by atoms with Gasteiger partial charge in [0.15, 0.2) is 0 Å². The molecule has 0 saturated carbocycles. The van der Waals surface area contributed by atoms with E-state index in [0.717, 1.165) is 16.9 Å². The molecule has 9 heteroatoms. The number of carbonyl (C=O) groups is 1. The highest BCUT2D eigenvalue weighted by Crippen LogP contribution is 2.33. The molecule has 3 aromatic rings. The summed E-state index contributed by atoms with van der Waals surface area (Å²) in [5, 5.41) is 3.29. The van der Waals surface area contributed by atoms with Crippen molar-refractivity contribution in [3.8, 4) is 5.75 Å². The quantitative estimate of drug-likeness (QED) is 0.354. The number of benzene rings is 1. The number of thioether (sulfide) groups is 1. The molecule has 0 unspecified atom stereocenters. The normalized spacial score (nSPS) is 15.0. The first-order valence-electron chi connectivity index (χ1n) is 11.4. The average Bonchev–Trinajstić information content (AvgIpc) is 3.11. The summed E-state index contributed by atoms with van der Waals surface area (Å²) in [5.74, 6) is 1.42. The van der Waals surface area contributed by atoms with Crippen LogP contribution in [0.4, 0.5) is 5.82 Å². The van der Waals surface area contributed by atoms with Crippen molar-refractivity contribution < 1.29 is 9.53 Å². The monoisotopic (exact) mass is 508 g/mol. The predicted molar refractivity (Wildman–Crippen MR) is 146 cm³/mol. The molecule has 0 spiro atoms. The number of anilines is 1. The van der Waals surface area contributed by atoms with Crippen molar-refractivity contribution in [2.24, 2.45) is 5.92 Å². The maximum Gasteiger partial charge on any atom is 0.267 e. The molecule has 0 radical (unpaired) electrons. The van der Waals surface area contributed by atoms with E-state index in [-0.39, 0.29) is 11.5 Å². The Hall–Kier alpha value is -3.17. The van der Waals surface area contributed by atoms with Gasteiger partial charge in [-0.05, 0) is 54.7 Å². The number of hydrogen-bond donors (Lipinski definition) is 1. The smallest absolute Gasteiger partial charge is 0.267 e. The lowest BCUT2D eigenvalue weighted by molar-refractivity contribution is -0.122. The Labute approximate surface area is 214 Å². The maximum atomic E-state index is 13.4. The van der Waals surface area contributed by atoms with Crippen LogP contribution in [-0.2, 0) is 11.2 Å². The van der Waals surface area contributed by atoms with E-state index in [9.17, 15) is 9.59 Å². The summed E-state index contributed by atoms with van der Waals surface area (Å²) in [4.78, 5) is 33.4. The molecule has 0 bridgehead atoms. The first kappa shape index (κ1) is 24.9. The molecule has 1 N–H and O–H groups in total. The van der Waals surface area contributed by atoms with Crippen molar-refractivity contribution >= 4 is 51.7 Å². The third-order valence-corrected chi connectivity index (χ3v) is 7.07. The van der Waals surface area contributed by atoms with E-state index in [2.05, 4.69) is 19.2 Å². The van der Waals surface area contributed by atoms with Crippen LogP contribution < -0.4 is 15.6 Å². The van der Waals surface area contributed by atoms with Crippen LogP contribution in [0.15, 0.2) is 52.3 Å². The number of methoxy groups -OCH3 is 1. The fourth-order valence-electron chi connectivity index (χ4n) is 3.73. The number of nitrogens with zero attached hydrogens (tertiary/aromatic N) is 3. The van der Waals surface area contributed by atoms with Gasteiger partial charge in [-0.2, -0.15) is 0 Å². The van der Waals surface area contributed by atoms with Crippen molar-refractivity contribution in [3.63, 3.8) is 0 Å². The summed E-state index contributed by atoms with van der Waals surface area (Å²) >= 11 is 6.72. The van der Waals surface area contributed by atoms with E-state index in [1.807, 2.05) is 43.3 Å². The molecule has 1 fully saturated rings. The van der Waals surface area contributed by atoms with Crippen LogP contribution in [0, 0.1) is 12.8 Å². The molecular weight excluding hydrogens is 480 g/mol. The lowest BCUT2D eigenvalue weighted by Crippen LogP contribution is -2.30. The zero-order valence-corrected chi connectivity index (χ0v) is 21.8. The number of thiocarbonyl (C=S) groups is 1. The van der Waals surface area contributed by atoms with Crippen molar-refractivity contribution in [1.29, 1.82) is 0 Å². The molecule has 1 amide bonds. The van der Waals surface area contributed by atoms with E-state index in [0.29, 0.717) is 51.7 Å². The van der Waals surface area contributed by atoms with Gasteiger partial charge in [-0.25, -0.2) is 4.98 Å². The van der Waals surface area contributed by atoms with Gasteiger partial charge in [0.1, 0.15) is 21.5 Å². The van der Waals surface area contributed by atoms with Crippen LogP contribution >= 0.6 is 24.0 Å². The first-order chi connectivity index (χ1) is 16.8. The lowest BCUT2D eigenvalue weighted by atomic mass is 10.1. The number of pyridine rings is 1. The van der Waals surface area contributed by atoms with Crippen LogP contribution in [0.3, 0.4) is 0 Å². The number of carbonyl (C=O) groups excluding carboxylic acids is 1. The molecule has 1 aromatic carbocycles. The third-order valence-electron chi connectivity index (χ3n) is 5.69. The number of rotatable bonds is 8. The second-order valence-corrected chi connectivity index (χ2v) is 10.4. The molecule has 35 heavy (non-hydrogen) atoms. The number of aryl methyl sites for hydroxylation is 1. The van der Waals surface area contributed by atoms with E-state index in [1.54, 1.807) is 24.3 Å². The van der Waals surface area contributed by atoms with Crippen LogP contribution in [0.5, 0.6) is 5.75 Å². The molecule has 3 heterocycles. The molecule has 0 atom stereocenters. The van der Waals surface area contributed by atoms with Gasteiger partial charge in [-0.3, -0.25) is 18.9 Å². The minimum Gasteiger partial charge on any atom is -0.497 e. The molecule has 182 valence electrons. The summed E-state index contributed by atoms with van der Waals surface area (Å²) in [6.07, 6.45) is 3.98. The number of aromatic nitrogens is 2. The Morgan fingerprint density at radius 3 is 2.63 bits per heavy atom. The van der Waals surface area contributed by atoms with Crippen molar-refractivity contribution in [3.05, 3.63) is 74.5 Å². The molecular formula is C26H28N4O3S2. The van der Waals surface area contributed by atoms with Gasteiger partial charge in [0.05, 0.1) is 17.6 Å². The molecule has 1 aliphatic heterocycles. The number of fused-ring (bicyclic) bond motifs is 1. The van der Waals surface area contributed by atoms with E-state index < -0.39 is 0 Å². The van der Waals surface area contributed by atoms with Crippen LogP contribution in [-0.4, -0.2) is 44.7 Å². The molecule has 4 rings (SSSR count). The molecule has 1 saturated heterocycles. The van der Waals surface area contributed by atoms with Gasteiger partial charge >= 0.3 is 0 Å². The molecule has 0 aliphatic carbocycles. The highest BCUT2D eigenvalue weighted by molar-refractivity contribution is 8.26. The van der Waals surface area contributed by atoms with Crippen LogP contribution in [0.1, 0.15) is 30.5 Å². The highest BCUT2D eigenvalue weighted by Gasteiger charge is 2.32. The lowest BCUT2D eigenvalue weighted by Gasteiger charge is -2.15. The highest BCUT2D eigenvalue weighted by atomic mass is 32.2. The van der Waals surface area contributed by atoms with Crippen molar-refractivity contribution in [2.45, 2.75) is 27.2 Å². The summed E-state index contributed by atoms with van der Waals surface area (Å²) < 4.78 is 7.20. The number of nitrogens with one attached hydrogen (secondary N) is 1.